The van der Waals surface area contributed by atoms with E-state index in [0.29, 0.717) is 5.41 Å². The summed E-state index contributed by atoms with van der Waals surface area (Å²) in [6.45, 7) is 9.68. The lowest BCUT2D eigenvalue weighted by Gasteiger charge is -2.43. The van der Waals surface area contributed by atoms with Crippen LogP contribution in [0, 0.1) is 5.41 Å². The zero-order chi connectivity index (χ0) is 14.1. The molecular weight excluding hydrogens is 298 g/mol. The number of likely N-dealkylation sites (tertiary alicyclic amines) is 1. The summed E-state index contributed by atoms with van der Waals surface area (Å²) in [6, 6.07) is 0.867. The van der Waals surface area contributed by atoms with Gasteiger partial charge in [0.15, 0.2) is 0 Å². The first kappa shape index (κ1) is 17.5. The Labute approximate surface area is 129 Å². The monoisotopic (exact) mass is 331 g/mol. The highest BCUT2D eigenvalue weighted by atomic mass is 79.9. The molecule has 0 amide bonds. The fraction of sp³-hybridized carbons (Fsp3) is 1.00. The lowest BCUT2D eigenvalue weighted by molar-refractivity contribution is 0.0756. The first-order valence-corrected chi connectivity index (χ1v) is 9.63. The fourth-order valence-electron chi connectivity index (χ4n) is 3.88. The van der Waals surface area contributed by atoms with Crippen molar-refractivity contribution in [2.24, 2.45) is 5.41 Å². The summed E-state index contributed by atoms with van der Waals surface area (Å²) in [5.41, 5.74) is 0.521. The van der Waals surface area contributed by atoms with Crippen LogP contribution in [0.4, 0.5) is 0 Å². The minimum atomic E-state index is 0.521. The molecule has 1 aliphatic heterocycles. The van der Waals surface area contributed by atoms with E-state index in [4.69, 9.17) is 0 Å². The second-order valence-electron chi connectivity index (χ2n) is 6.54. The van der Waals surface area contributed by atoms with Gasteiger partial charge in [-0.2, -0.15) is 0 Å². The summed E-state index contributed by atoms with van der Waals surface area (Å²) in [4.78, 5) is 2.83. The molecule has 1 nitrogen and oxygen atoms in total. The third-order valence-electron chi connectivity index (χ3n) is 4.75. The Morgan fingerprint density at radius 2 is 1.74 bits per heavy atom. The van der Waals surface area contributed by atoms with Crippen LogP contribution in [-0.2, 0) is 0 Å². The summed E-state index contributed by atoms with van der Waals surface area (Å²) < 4.78 is 0. The van der Waals surface area contributed by atoms with Gasteiger partial charge in [-0.25, -0.2) is 0 Å². The molecule has 0 bridgehead atoms. The predicted octanol–water partition coefficient (Wildman–Crippen LogP) is 5.62. The van der Waals surface area contributed by atoms with Crippen molar-refractivity contribution in [2.45, 2.75) is 84.6 Å². The van der Waals surface area contributed by atoms with E-state index in [2.05, 4.69) is 41.6 Å². The second-order valence-corrected chi connectivity index (χ2v) is 7.10. The summed E-state index contributed by atoms with van der Waals surface area (Å²) in [6.07, 6.45) is 12.4. The van der Waals surface area contributed by atoms with Crippen molar-refractivity contribution >= 4 is 15.9 Å². The number of nitrogens with zero attached hydrogens (tertiary/aromatic N) is 1. The molecule has 0 N–H and O–H groups in total. The van der Waals surface area contributed by atoms with E-state index in [1.165, 1.54) is 76.2 Å². The smallest absolute Gasteiger partial charge is 0.0100 e. The zero-order valence-corrected chi connectivity index (χ0v) is 15.0. The van der Waals surface area contributed by atoms with Crippen LogP contribution in [0.25, 0.3) is 0 Å². The molecular formula is C17H34BrN. The van der Waals surface area contributed by atoms with Crippen LogP contribution in [0.5, 0.6) is 0 Å². The van der Waals surface area contributed by atoms with Gasteiger partial charge in [0.2, 0.25) is 0 Å². The number of hydrogen-bond donors (Lipinski definition) is 0. The first-order valence-electron chi connectivity index (χ1n) is 8.51. The highest BCUT2D eigenvalue weighted by molar-refractivity contribution is 9.09. The molecule has 0 aliphatic carbocycles. The van der Waals surface area contributed by atoms with Gasteiger partial charge in [-0.3, -0.25) is 4.90 Å². The van der Waals surface area contributed by atoms with Gasteiger partial charge in [-0.15, -0.1) is 0 Å². The highest BCUT2D eigenvalue weighted by Gasteiger charge is 2.33. The molecule has 0 saturated carbocycles. The molecule has 0 aromatic rings. The Bertz CT molecular complexity index is 221. The molecule has 1 unspecified atom stereocenters. The summed E-state index contributed by atoms with van der Waals surface area (Å²) >= 11 is 3.83. The van der Waals surface area contributed by atoms with Crippen LogP contribution >= 0.6 is 15.9 Å². The van der Waals surface area contributed by atoms with Gasteiger partial charge in [-0.1, -0.05) is 62.4 Å². The Kier molecular flexibility index (Phi) is 8.64. The van der Waals surface area contributed by atoms with Crippen molar-refractivity contribution in [1.82, 2.24) is 4.90 Å². The third-order valence-corrected chi connectivity index (χ3v) is 5.94. The number of rotatable bonds is 9. The summed E-state index contributed by atoms with van der Waals surface area (Å²) in [5.74, 6) is 0. The van der Waals surface area contributed by atoms with Gasteiger partial charge in [0.25, 0.3) is 0 Å². The molecule has 1 atom stereocenters. The number of piperidine rings is 1. The molecule has 0 radical (unpaired) electrons. The maximum absolute atomic E-state index is 3.83. The maximum Gasteiger partial charge on any atom is 0.0100 e. The standard InChI is InChI=1S/C17H34BrN/c1-4-9-16-10-7-8-13-19(16)15-17(14-18,11-5-2)12-6-3/h16H,4-15H2,1-3H3. The SMILES string of the molecule is CCCC1CCCCN1CC(CBr)(CCC)CCC. The van der Waals surface area contributed by atoms with Crippen molar-refractivity contribution in [3.8, 4) is 0 Å². The zero-order valence-electron chi connectivity index (χ0n) is 13.4. The quantitative estimate of drug-likeness (QED) is 0.495. The van der Waals surface area contributed by atoms with E-state index in [1.54, 1.807) is 0 Å². The Morgan fingerprint density at radius 1 is 1.05 bits per heavy atom. The van der Waals surface area contributed by atoms with E-state index in [-0.39, 0.29) is 0 Å². The number of hydrogen-bond acceptors (Lipinski definition) is 1. The van der Waals surface area contributed by atoms with E-state index in [9.17, 15) is 0 Å². The average Bonchev–Trinajstić information content (AvgIpc) is 2.42. The molecule has 0 spiro atoms. The number of halogens is 1. The van der Waals surface area contributed by atoms with Gasteiger partial charge >= 0.3 is 0 Å². The molecule has 1 saturated heterocycles. The van der Waals surface area contributed by atoms with E-state index < -0.39 is 0 Å². The topological polar surface area (TPSA) is 3.24 Å². The van der Waals surface area contributed by atoms with Gasteiger partial charge in [0.05, 0.1) is 0 Å². The third kappa shape index (κ3) is 5.38. The molecule has 2 heteroatoms. The van der Waals surface area contributed by atoms with Crippen molar-refractivity contribution in [3.63, 3.8) is 0 Å². The molecule has 0 aromatic heterocycles. The summed E-state index contributed by atoms with van der Waals surface area (Å²) in [7, 11) is 0. The van der Waals surface area contributed by atoms with Crippen LogP contribution in [0.15, 0.2) is 0 Å². The normalized spacial score (nSPS) is 21.8. The second kappa shape index (κ2) is 9.39. The van der Waals surface area contributed by atoms with E-state index in [0.717, 1.165) is 6.04 Å². The minimum absolute atomic E-state index is 0.521. The van der Waals surface area contributed by atoms with E-state index >= 15 is 0 Å². The lowest BCUT2D eigenvalue weighted by Crippen LogP contribution is -2.46. The molecule has 114 valence electrons. The summed E-state index contributed by atoms with van der Waals surface area (Å²) in [5, 5.41) is 1.18. The van der Waals surface area contributed by atoms with Gasteiger partial charge in [-0.05, 0) is 44.1 Å². The Hall–Kier alpha value is 0.440. The lowest BCUT2D eigenvalue weighted by atomic mass is 9.79. The molecule has 1 aliphatic rings. The van der Waals surface area contributed by atoms with Crippen LogP contribution in [0.2, 0.25) is 0 Å². The van der Waals surface area contributed by atoms with Crippen molar-refractivity contribution in [2.75, 3.05) is 18.4 Å². The molecule has 1 fully saturated rings. The molecule has 1 rings (SSSR count). The highest BCUT2D eigenvalue weighted by Crippen LogP contribution is 2.35. The Morgan fingerprint density at radius 3 is 2.26 bits per heavy atom. The van der Waals surface area contributed by atoms with Crippen LogP contribution in [0.3, 0.4) is 0 Å². The minimum Gasteiger partial charge on any atom is -0.300 e. The van der Waals surface area contributed by atoms with Crippen LogP contribution in [-0.4, -0.2) is 29.4 Å². The van der Waals surface area contributed by atoms with Crippen molar-refractivity contribution < 1.29 is 0 Å². The largest absolute Gasteiger partial charge is 0.300 e. The van der Waals surface area contributed by atoms with Gasteiger partial charge in [0, 0.05) is 17.9 Å². The van der Waals surface area contributed by atoms with Crippen molar-refractivity contribution in [1.29, 1.82) is 0 Å². The van der Waals surface area contributed by atoms with Gasteiger partial charge in [0.1, 0.15) is 0 Å². The van der Waals surface area contributed by atoms with Crippen LogP contribution in [0.1, 0.15) is 78.6 Å². The number of alkyl halides is 1. The molecule has 19 heavy (non-hydrogen) atoms. The molecule has 1 heterocycles. The van der Waals surface area contributed by atoms with Crippen molar-refractivity contribution in [3.05, 3.63) is 0 Å². The Balaban J connectivity index is 2.68. The first-order chi connectivity index (χ1) is 9.21. The molecule has 0 aromatic carbocycles. The fourth-order valence-corrected chi connectivity index (χ4v) is 4.62. The van der Waals surface area contributed by atoms with E-state index in [1.807, 2.05) is 0 Å². The van der Waals surface area contributed by atoms with Crippen LogP contribution < -0.4 is 0 Å². The van der Waals surface area contributed by atoms with Gasteiger partial charge < -0.3 is 0 Å². The predicted molar refractivity (Wildman–Crippen MR) is 90.2 cm³/mol. The maximum atomic E-state index is 3.83. The average molecular weight is 332 g/mol.